The molecule has 0 N–H and O–H groups in total. The highest BCUT2D eigenvalue weighted by Gasteiger charge is 2.33. The fourth-order valence-electron chi connectivity index (χ4n) is 4.00. The smallest absolute Gasteiger partial charge is 0.269 e. The van der Waals surface area contributed by atoms with Crippen LogP contribution in [0.5, 0.6) is 11.6 Å². The number of carbonyl (C=O) groups is 1. The monoisotopic (exact) mass is 547 g/mol. The minimum Gasteiger partial charge on any atom is -0.438 e. The van der Waals surface area contributed by atoms with E-state index in [0.29, 0.717) is 25.6 Å². The van der Waals surface area contributed by atoms with Gasteiger partial charge in [-0.1, -0.05) is 72.0 Å². The second-order valence-corrected chi connectivity index (χ2v) is 10.8. The van der Waals surface area contributed by atoms with Crippen LogP contribution < -0.4 is 10.3 Å². The van der Waals surface area contributed by atoms with Gasteiger partial charge in [-0.15, -0.1) is 0 Å². The summed E-state index contributed by atoms with van der Waals surface area (Å²) in [5.74, 6) is 0.413. The van der Waals surface area contributed by atoms with Crippen molar-refractivity contribution >= 4 is 57.5 Å². The lowest BCUT2D eigenvalue weighted by molar-refractivity contribution is -0.122. The molecule has 2 aromatic carbocycles. The van der Waals surface area contributed by atoms with Crippen LogP contribution in [0.1, 0.15) is 27.8 Å². The van der Waals surface area contributed by atoms with Crippen LogP contribution >= 0.6 is 35.6 Å². The van der Waals surface area contributed by atoms with Gasteiger partial charge in [0.25, 0.3) is 11.5 Å². The summed E-state index contributed by atoms with van der Waals surface area (Å²) in [4.78, 5) is 33.5. The van der Waals surface area contributed by atoms with Crippen LogP contribution in [0.15, 0.2) is 70.5 Å². The van der Waals surface area contributed by atoms with Crippen molar-refractivity contribution in [1.82, 2.24) is 14.3 Å². The van der Waals surface area contributed by atoms with Crippen molar-refractivity contribution in [2.75, 3.05) is 0 Å². The third-order valence-electron chi connectivity index (χ3n) is 6.25. The van der Waals surface area contributed by atoms with Crippen molar-refractivity contribution in [2.24, 2.45) is 0 Å². The quantitative estimate of drug-likeness (QED) is 0.211. The van der Waals surface area contributed by atoms with Crippen molar-refractivity contribution in [3.63, 3.8) is 0 Å². The predicted molar refractivity (Wildman–Crippen MR) is 152 cm³/mol. The number of ether oxygens (including phenoxy) is 1. The van der Waals surface area contributed by atoms with Crippen LogP contribution in [0.25, 0.3) is 11.7 Å². The summed E-state index contributed by atoms with van der Waals surface area (Å²) < 4.78 is 8.07. The summed E-state index contributed by atoms with van der Waals surface area (Å²) >= 11 is 12.9. The SMILES string of the molecule is Cc1cccc(Oc2nc3c(C)cccn3c(=O)c2/C=C2/SC(=S)N(Cc3ccccc3Cl)C2=O)c1C. The largest absolute Gasteiger partial charge is 0.438 e. The first kappa shape index (κ1) is 25.2. The summed E-state index contributed by atoms with van der Waals surface area (Å²) in [5.41, 5.74) is 3.90. The maximum atomic E-state index is 13.7. The topological polar surface area (TPSA) is 63.9 Å². The molecule has 2 aromatic heterocycles. The zero-order chi connectivity index (χ0) is 26.3. The second kappa shape index (κ2) is 10.1. The number of thioether (sulfide) groups is 1. The lowest BCUT2D eigenvalue weighted by Crippen LogP contribution is -2.27. The van der Waals surface area contributed by atoms with Gasteiger partial charge in [-0.25, -0.2) is 0 Å². The van der Waals surface area contributed by atoms with Gasteiger partial charge < -0.3 is 4.74 Å². The van der Waals surface area contributed by atoms with Gasteiger partial charge in [-0.2, -0.15) is 4.98 Å². The Morgan fingerprint density at radius 3 is 2.57 bits per heavy atom. The number of hydrogen-bond donors (Lipinski definition) is 0. The molecule has 186 valence electrons. The van der Waals surface area contributed by atoms with Gasteiger partial charge in [-0.05, 0) is 67.3 Å². The maximum Gasteiger partial charge on any atom is 0.269 e. The molecular weight excluding hydrogens is 526 g/mol. The van der Waals surface area contributed by atoms with E-state index in [4.69, 9.17) is 33.5 Å². The number of amides is 1. The van der Waals surface area contributed by atoms with Crippen LogP contribution in [0.2, 0.25) is 5.02 Å². The Bertz CT molecular complexity index is 1680. The van der Waals surface area contributed by atoms with E-state index in [0.717, 1.165) is 34.0 Å². The van der Waals surface area contributed by atoms with Gasteiger partial charge in [-0.3, -0.25) is 18.9 Å². The van der Waals surface area contributed by atoms with Crippen molar-refractivity contribution in [3.05, 3.63) is 109 Å². The highest BCUT2D eigenvalue weighted by Crippen LogP contribution is 2.36. The molecule has 0 aliphatic carbocycles. The van der Waals surface area contributed by atoms with E-state index >= 15 is 0 Å². The van der Waals surface area contributed by atoms with Gasteiger partial charge in [0.1, 0.15) is 21.3 Å². The Morgan fingerprint density at radius 2 is 1.78 bits per heavy atom. The summed E-state index contributed by atoms with van der Waals surface area (Å²) in [7, 11) is 0. The fraction of sp³-hybridized carbons (Fsp3) is 0.143. The molecule has 1 aliphatic heterocycles. The molecule has 1 aliphatic rings. The fourth-order valence-corrected chi connectivity index (χ4v) is 5.43. The van der Waals surface area contributed by atoms with Gasteiger partial charge in [0.15, 0.2) is 0 Å². The standard InChI is InChI=1S/C28H22ClN3O3S2/c1-16-8-6-12-22(18(16)3)35-25-20(26(33)31-13-7-9-17(2)24(31)30-25)14-23-27(34)32(28(36)37-23)15-19-10-4-5-11-21(19)29/h4-14H,15H2,1-3H3/b23-14+. The number of benzene rings is 2. The van der Waals surface area contributed by atoms with E-state index in [1.54, 1.807) is 18.3 Å². The molecule has 1 saturated heterocycles. The number of halogens is 1. The Balaban J connectivity index is 1.61. The number of hydrogen-bond acceptors (Lipinski definition) is 6. The highest BCUT2D eigenvalue weighted by atomic mass is 35.5. The molecule has 0 bridgehead atoms. The molecule has 0 radical (unpaired) electrons. The first-order valence-corrected chi connectivity index (χ1v) is 13.1. The van der Waals surface area contributed by atoms with Crippen molar-refractivity contribution in [2.45, 2.75) is 27.3 Å². The van der Waals surface area contributed by atoms with Gasteiger partial charge >= 0.3 is 0 Å². The number of rotatable bonds is 5. The van der Waals surface area contributed by atoms with E-state index in [-0.39, 0.29) is 29.5 Å². The Hall–Kier alpha value is -3.46. The first-order valence-electron chi connectivity index (χ1n) is 11.5. The average Bonchev–Trinajstić information content (AvgIpc) is 3.13. The second-order valence-electron chi connectivity index (χ2n) is 8.68. The number of aryl methyl sites for hydroxylation is 2. The summed E-state index contributed by atoms with van der Waals surface area (Å²) in [6, 6.07) is 16.7. The number of aromatic nitrogens is 2. The molecule has 4 aromatic rings. The molecule has 0 spiro atoms. The molecule has 0 saturated carbocycles. The summed E-state index contributed by atoms with van der Waals surface area (Å²) in [6.07, 6.45) is 3.18. The van der Waals surface area contributed by atoms with Crippen molar-refractivity contribution < 1.29 is 9.53 Å². The van der Waals surface area contributed by atoms with Gasteiger partial charge in [0.05, 0.1) is 11.4 Å². The minimum absolute atomic E-state index is 0.129. The van der Waals surface area contributed by atoms with E-state index in [9.17, 15) is 9.59 Å². The van der Waals surface area contributed by atoms with Crippen LogP contribution in [0.4, 0.5) is 0 Å². The zero-order valence-electron chi connectivity index (χ0n) is 20.3. The third kappa shape index (κ3) is 4.80. The Kier molecular flexibility index (Phi) is 6.90. The maximum absolute atomic E-state index is 13.7. The lowest BCUT2D eigenvalue weighted by Gasteiger charge is -2.15. The Morgan fingerprint density at radius 1 is 1.03 bits per heavy atom. The average molecular weight is 548 g/mol. The van der Waals surface area contributed by atoms with Crippen LogP contribution in [-0.4, -0.2) is 24.5 Å². The number of fused-ring (bicyclic) bond motifs is 1. The summed E-state index contributed by atoms with van der Waals surface area (Å²) in [5, 5.41) is 0.553. The van der Waals surface area contributed by atoms with Crippen LogP contribution in [0, 0.1) is 20.8 Å². The highest BCUT2D eigenvalue weighted by molar-refractivity contribution is 8.26. The normalized spacial score (nSPS) is 14.7. The Labute approximate surface area is 228 Å². The van der Waals surface area contributed by atoms with Gasteiger partial charge in [0.2, 0.25) is 5.88 Å². The molecule has 6 nitrogen and oxygen atoms in total. The number of nitrogens with zero attached hydrogens (tertiary/aromatic N) is 3. The molecule has 0 atom stereocenters. The van der Waals surface area contributed by atoms with E-state index < -0.39 is 0 Å². The number of pyridine rings is 1. The molecule has 1 amide bonds. The molecule has 1 fully saturated rings. The molecule has 5 rings (SSSR count). The lowest BCUT2D eigenvalue weighted by atomic mass is 10.1. The molecular formula is C28H22ClN3O3S2. The minimum atomic E-state index is -0.342. The number of thiocarbonyl (C=S) groups is 1. The van der Waals surface area contributed by atoms with Crippen molar-refractivity contribution in [1.29, 1.82) is 0 Å². The van der Waals surface area contributed by atoms with E-state index in [1.165, 1.54) is 15.4 Å². The molecule has 9 heteroatoms. The van der Waals surface area contributed by atoms with E-state index in [2.05, 4.69) is 0 Å². The third-order valence-corrected chi connectivity index (χ3v) is 7.99. The van der Waals surface area contributed by atoms with E-state index in [1.807, 2.05) is 63.2 Å². The summed E-state index contributed by atoms with van der Waals surface area (Å²) in [6.45, 7) is 6.05. The van der Waals surface area contributed by atoms with Gasteiger partial charge in [0, 0.05) is 11.2 Å². The van der Waals surface area contributed by atoms with Crippen LogP contribution in [-0.2, 0) is 11.3 Å². The zero-order valence-corrected chi connectivity index (χ0v) is 22.7. The molecule has 0 unspecified atom stereocenters. The van der Waals surface area contributed by atoms with Crippen molar-refractivity contribution in [3.8, 4) is 11.6 Å². The van der Waals surface area contributed by atoms with Crippen LogP contribution in [0.3, 0.4) is 0 Å². The molecule has 37 heavy (non-hydrogen) atoms. The predicted octanol–water partition coefficient (Wildman–Crippen LogP) is 6.47. The number of carbonyl (C=O) groups excluding carboxylic acids is 1. The first-order chi connectivity index (χ1) is 17.7. The molecule has 3 heterocycles.